The Morgan fingerprint density at radius 2 is 2.00 bits per heavy atom. The van der Waals surface area contributed by atoms with Crippen molar-refractivity contribution in [2.75, 3.05) is 13.2 Å². The third-order valence-electron chi connectivity index (χ3n) is 2.61. The van der Waals surface area contributed by atoms with Crippen LogP contribution in [0.4, 0.5) is 0 Å². The fraction of sp³-hybridized carbons (Fsp3) is 0.917. The van der Waals surface area contributed by atoms with Crippen molar-refractivity contribution in [2.45, 2.75) is 46.1 Å². The number of hydrogen-bond donors (Lipinski definition) is 3. The Morgan fingerprint density at radius 1 is 1.44 bits per heavy atom. The topological polar surface area (TPSA) is 75.4 Å². The van der Waals surface area contributed by atoms with Gasteiger partial charge in [-0.3, -0.25) is 4.79 Å². The van der Waals surface area contributed by atoms with Gasteiger partial charge in [-0.05, 0) is 32.6 Å². The lowest BCUT2D eigenvalue weighted by atomic mass is 9.94. The molecule has 0 rings (SSSR count). The van der Waals surface area contributed by atoms with Gasteiger partial charge in [-0.15, -0.1) is 0 Å². The van der Waals surface area contributed by atoms with Gasteiger partial charge < -0.3 is 16.2 Å². The first kappa shape index (κ1) is 15.4. The summed E-state index contributed by atoms with van der Waals surface area (Å²) in [5.74, 6) is 0.327. The number of carbonyl (C=O) groups is 1. The van der Waals surface area contributed by atoms with Crippen molar-refractivity contribution >= 4 is 5.91 Å². The zero-order valence-corrected chi connectivity index (χ0v) is 10.9. The highest BCUT2D eigenvalue weighted by atomic mass is 16.3. The van der Waals surface area contributed by atoms with E-state index in [4.69, 9.17) is 10.8 Å². The van der Waals surface area contributed by atoms with E-state index in [0.29, 0.717) is 18.9 Å². The maximum Gasteiger partial charge on any atom is 0.224 e. The van der Waals surface area contributed by atoms with E-state index >= 15 is 0 Å². The summed E-state index contributed by atoms with van der Waals surface area (Å²) < 4.78 is 0. The van der Waals surface area contributed by atoms with Crippen molar-refractivity contribution in [1.82, 2.24) is 5.32 Å². The van der Waals surface area contributed by atoms with Crippen LogP contribution in [0.5, 0.6) is 0 Å². The van der Waals surface area contributed by atoms with Crippen LogP contribution in [0.15, 0.2) is 0 Å². The van der Waals surface area contributed by atoms with Gasteiger partial charge >= 0.3 is 0 Å². The van der Waals surface area contributed by atoms with Gasteiger partial charge in [0.15, 0.2) is 0 Å². The zero-order valence-electron chi connectivity index (χ0n) is 10.9. The van der Waals surface area contributed by atoms with Gasteiger partial charge in [-0.1, -0.05) is 13.8 Å². The molecule has 0 fully saturated rings. The molecule has 1 atom stereocenters. The molecule has 0 aromatic carbocycles. The van der Waals surface area contributed by atoms with Gasteiger partial charge in [0, 0.05) is 18.7 Å². The van der Waals surface area contributed by atoms with Crippen LogP contribution in [0.2, 0.25) is 0 Å². The first-order chi connectivity index (χ1) is 7.32. The van der Waals surface area contributed by atoms with E-state index in [1.807, 2.05) is 13.8 Å². The average molecular weight is 230 g/mol. The minimum atomic E-state index is -0.365. The molecule has 16 heavy (non-hydrogen) atoms. The van der Waals surface area contributed by atoms with Gasteiger partial charge in [0.2, 0.25) is 5.91 Å². The van der Waals surface area contributed by atoms with Gasteiger partial charge in [0.05, 0.1) is 5.92 Å². The molecule has 1 amide bonds. The lowest BCUT2D eigenvalue weighted by Gasteiger charge is -2.28. The van der Waals surface area contributed by atoms with Gasteiger partial charge in [0.1, 0.15) is 0 Å². The third-order valence-corrected chi connectivity index (χ3v) is 2.61. The van der Waals surface area contributed by atoms with E-state index in [1.165, 1.54) is 0 Å². The van der Waals surface area contributed by atoms with E-state index in [-0.39, 0.29) is 24.0 Å². The third kappa shape index (κ3) is 6.08. The van der Waals surface area contributed by atoms with Crippen LogP contribution >= 0.6 is 0 Å². The van der Waals surface area contributed by atoms with Crippen molar-refractivity contribution in [1.29, 1.82) is 0 Å². The molecule has 0 aromatic heterocycles. The Hall–Kier alpha value is -0.610. The molecule has 4 heteroatoms. The number of nitrogens with two attached hydrogens (primary N) is 1. The van der Waals surface area contributed by atoms with E-state index < -0.39 is 0 Å². The molecule has 0 heterocycles. The molecular formula is C12H26N2O2. The zero-order chi connectivity index (χ0) is 12.8. The molecule has 0 radical (unpaired) electrons. The second-order valence-electron chi connectivity index (χ2n) is 5.41. The second-order valence-corrected chi connectivity index (χ2v) is 5.41. The summed E-state index contributed by atoms with van der Waals surface area (Å²) in [5.41, 5.74) is 5.24. The molecular weight excluding hydrogens is 204 g/mol. The Labute approximate surface area is 98.6 Å². The molecule has 0 saturated carbocycles. The molecule has 1 unspecified atom stereocenters. The summed E-state index contributed by atoms with van der Waals surface area (Å²) in [7, 11) is 0. The fourth-order valence-electron chi connectivity index (χ4n) is 1.66. The van der Waals surface area contributed by atoms with Crippen LogP contribution in [0, 0.1) is 11.8 Å². The molecule has 0 aliphatic heterocycles. The number of hydrogen-bond acceptors (Lipinski definition) is 3. The number of aliphatic hydroxyl groups excluding tert-OH is 1. The Kier molecular flexibility index (Phi) is 6.60. The second kappa shape index (κ2) is 6.86. The van der Waals surface area contributed by atoms with Crippen LogP contribution < -0.4 is 11.1 Å². The van der Waals surface area contributed by atoms with E-state index in [2.05, 4.69) is 19.2 Å². The standard InChI is InChI=1S/C12H26N2O2/c1-9(2)7-10(8-13)11(16)14-12(3,4)5-6-15/h9-10,15H,5-8,13H2,1-4H3,(H,14,16). The molecule has 0 aromatic rings. The quantitative estimate of drug-likeness (QED) is 0.608. The Bertz CT molecular complexity index is 215. The highest BCUT2D eigenvalue weighted by molar-refractivity contribution is 5.79. The van der Waals surface area contributed by atoms with Gasteiger partial charge in [0.25, 0.3) is 0 Å². The SMILES string of the molecule is CC(C)CC(CN)C(=O)NC(C)(C)CCO. The summed E-state index contributed by atoms with van der Waals surface area (Å²) in [4.78, 5) is 11.9. The lowest BCUT2D eigenvalue weighted by Crippen LogP contribution is -2.48. The van der Waals surface area contributed by atoms with Crippen LogP contribution in [0.25, 0.3) is 0 Å². The molecule has 4 N–H and O–H groups in total. The molecule has 0 bridgehead atoms. The van der Waals surface area contributed by atoms with E-state index in [1.54, 1.807) is 0 Å². The van der Waals surface area contributed by atoms with Crippen LogP contribution in [0.1, 0.15) is 40.5 Å². The highest BCUT2D eigenvalue weighted by Crippen LogP contribution is 2.14. The smallest absolute Gasteiger partial charge is 0.224 e. The number of nitrogens with one attached hydrogen (secondary N) is 1. The van der Waals surface area contributed by atoms with Crippen molar-refractivity contribution < 1.29 is 9.90 Å². The van der Waals surface area contributed by atoms with Crippen LogP contribution in [-0.4, -0.2) is 29.7 Å². The fourth-order valence-corrected chi connectivity index (χ4v) is 1.66. The summed E-state index contributed by atoms with van der Waals surface area (Å²) in [6.45, 7) is 8.42. The molecule has 0 saturated heterocycles. The van der Waals surface area contributed by atoms with Crippen LogP contribution in [-0.2, 0) is 4.79 Å². The van der Waals surface area contributed by atoms with Gasteiger partial charge in [-0.2, -0.15) is 0 Å². The maximum atomic E-state index is 11.9. The first-order valence-corrected chi connectivity index (χ1v) is 5.95. The highest BCUT2D eigenvalue weighted by Gasteiger charge is 2.25. The number of amides is 1. The van der Waals surface area contributed by atoms with Crippen molar-refractivity contribution in [3.8, 4) is 0 Å². The van der Waals surface area contributed by atoms with Gasteiger partial charge in [-0.25, -0.2) is 0 Å². The number of carbonyl (C=O) groups excluding carboxylic acids is 1. The summed E-state index contributed by atoms with van der Waals surface area (Å²) in [6.07, 6.45) is 1.36. The largest absolute Gasteiger partial charge is 0.396 e. The summed E-state index contributed by atoms with van der Waals surface area (Å²) >= 11 is 0. The summed E-state index contributed by atoms with van der Waals surface area (Å²) in [5, 5.41) is 11.8. The van der Waals surface area contributed by atoms with Crippen LogP contribution in [0.3, 0.4) is 0 Å². The monoisotopic (exact) mass is 230 g/mol. The first-order valence-electron chi connectivity index (χ1n) is 5.95. The molecule has 96 valence electrons. The minimum Gasteiger partial charge on any atom is -0.396 e. The normalized spacial score (nSPS) is 13.9. The number of rotatable bonds is 7. The predicted molar refractivity (Wildman–Crippen MR) is 65.9 cm³/mol. The van der Waals surface area contributed by atoms with Crippen molar-refractivity contribution in [3.05, 3.63) is 0 Å². The lowest BCUT2D eigenvalue weighted by molar-refractivity contribution is -0.127. The molecule has 0 aliphatic rings. The Balaban J connectivity index is 4.30. The molecule has 4 nitrogen and oxygen atoms in total. The van der Waals surface area contributed by atoms with E-state index in [0.717, 1.165) is 6.42 Å². The minimum absolute atomic E-state index is 0.00495. The van der Waals surface area contributed by atoms with E-state index in [9.17, 15) is 4.79 Å². The van der Waals surface area contributed by atoms with Crippen molar-refractivity contribution in [3.63, 3.8) is 0 Å². The molecule has 0 spiro atoms. The number of aliphatic hydroxyl groups is 1. The Morgan fingerprint density at radius 3 is 2.38 bits per heavy atom. The molecule has 0 aliphatic carbocycles. The average Bonchev–Trinajstić information content (AvgIpc) is 2.12. The summed E-state index contributed by atoms with van der Waals surface area (Å²) in [6, 6.07) is 0. The maximum absolute atomic E-state index is 11.9. The predicted octanol–water partition coefficient (Wildman–Crippen LogP) is 0.885. The van der Waals surface area contributed by atoms with Crippen molar-refractivity contribution in [2.24, 2.45) is 17.6 Å².